The summed E-state index contributed by atoms with van der Waals surface area (Å²) in [5.74, 6) is 1.87. The number of fused-ring (bicyclic) bond motifs is 1. The molecule has 2 aromatic heterocycles. The molecule has 0 fully saturated rings. The first kappa shape index (κ1) is 15.3. The zero-order valence-corrected chi connectivity index (χ0v) is 14.3. The molecule has 118 valence electrons. The average molecular weight is 317 g/mol. The highest BCUT2D eigenvalue weighted by Gasteiger charge is 2.22. The Kier molecular flexibility index (Phi) is 4.34. The number of aromatic nitrogens is 2. The first-order valence-corrected chi connectivity index (χ1v) is 8.71. The van der Waals surface area contributed by atoms with E-state index in [1.54, 1.807) is 17.5 Å². The second-order valence-electron chi connectivity index (χ2n) is 6.30. The summed E-state index contributed by atoms with van der Waals surface area (Å²) in [5.41, 5.74) is 1.39. The number of amides is 1. The number of likely N-dealkylation sites (N-methyl/N-ethyl adjacent to an activating group) is 1. The molecule has 1 aliphatic carbocycles. The minimum atomic E-state index is 0.143. The van der Waals surface area contributed by atoms with Gasteiger partial charge in [-0.25, -0.2) is 4.98 Å². The lowest BCUT2D eigenvalue weighted by molar-refractivity contribution is 0.0794. The predicted molar refractivity (Wildman–Crippen MR) is 89.4 cm³/mol. The Morgan fingerprint density at radius 3 is 3.09 bits per heavy atom. The topological polar surface area (TPSA) is 38.1 Å². The maximum Gasteiger partial charge on any atom is 0.263 e. The number of aryl methyl sites for hydroxylation is 2. The molecule has 0 saturated heterocycles. The van der Waals surface area contributed by atoms with E-state index in [1.165, 1.54) is 16.9 Å². The molecule has 5 heteroatoms. The summed E-state index contributed by atoms with van der Waals surface area (Å²) in [6.45, 7) is 5.77. The molecule has 0 unspecified atom stereocenters. The minimum absolute atomic E-state index is 0.143. The molecule has 0 aliphatic heterocycles. The van der Waals surface area contributed by atoms with Crippen molar-refractivity contribution in [2.75, 3.05) is 13.6 Å². The Bertz CT molecular complexity index is 673. The van der Waals surface area contributed by atoms with Gasteiger partial charge in [-0.1, -0.05) is 6.92 Å². The molecular weight excluding hydrogens is 294 g/mol. The third-order valence-corrected chi connectivity index (χ3v) is 5.71. The maximum atomic E-state index is 12.6. The van der Waals surface area contributed by atoms with Crippen LogP contribution < -0.4 is 0 Å². The van der Waals surface area contributed by atoms with Crippen molar-refractivity contribution in [3.63, 3.8) is 0 Å². The van der Waals surface area contributed by atoms with Crippen LogP contribution in [0.5, 0.6) is 0 Å². The van der Waals surface area contributed by atoms with Crippen LogP contribution in [0.25, 0.3) is 0 Å². The van der Waals surface area contributed by atoms with Gasteiger partial charge in [-0.15, -0.1) is 11.3 Å². The van der Waals surface area contributed by atoms with Gasteiger partial charge in [-0.2, -0.15) is 0 Å². The Balaban J connectivity index is 1.64. The molecule has 0 saturated carbocycles. The second kappa shape index (κ2) is 6.24. The molecule has 22 heavy (non-hydrogen) atoms. The minimum Gasteiger partial charge on any atom is -0.339 e. The number of rotatable bonds is 4. The van der Waals surface area contributed by atoms with Crippen molar-refractivity contribution in [3.05, 3.63) is 39.6 Å². The zero-order chi connectivity index (χ0) is 15.7. The van der Waals surface area contributed by atoms with Gasteiger partial charge in [0.15, 0.2) is 0 Å². The normalized spacial score (nSPS) is 17.3. The largest absolute Gasteiger partial charge is 0.339 e. The Morgan fingerprint density at radius 2 is 2.36 bits per heavy atom. The van der Waals surface area contributed by atoms with E-state index in [2.05, 4.69) is 22.5 Å². The van der Waals surface area contributed by atoms with Crippen LogP contribution in [0, 0.1) is 12.8 Å². The Labute approximate surface area is 135 Å². The highest BCUT2D eigenvalue weighted by atomic mass is 32.1. The number of hydrogen-bond donors (Lipinski definition) is 0. The van der Waals surface area contributed by atoms with Gasteiger partial charge in [-0.3, -0.25) is 4.79 Å². The van der Waals surface area contributed by atoms with Crippen LogP contribution in [0.4, 0.5) is 0 Å². The van der Waals surface area contributed by atoms with E-state index in [-0.39, 0.29) is 5.91 Å². The Morgan fingerprint density at radius 1 is 1.55 bits per heavy atom. The van der Waals surface area contributed by atoms with Crippen LogP contribution in [0.15, 0.2) is 18.5 Å². The molecule has 2 heterocycles. The number of hydrogen-bond acceptors (Lipinski definition) is 3. The third-order valence-electron chi connectivity index (χ3n) is 4.49. The van der Waals surface area contributed by atoms with Gasteiger partial charge in [-0.05, 0) is 43.7 Å². The number of carbonyl (C=O) groups excluding carboxylic acids is 1. The highest BCUT2D eigenvalue weighted by molar-refractivity contribution is 7.14. The molecule has 2 aromatic rings. The van der Waals surface area contributed by atoms with Crippen molar-refractivity contribution in [1.82, 2.24) is 14.5 Å². The summed E-state index contributed by atoms with van der Waals surface area (Å²) < 4.78 is 2.07. The molecule has 0 radical (unpaired) electrons. The van der Waals surface area contributed by atoms with Crippen LogP contribution in [-0.4, -0.2) is 34.0 Å². The fourth-order valence-electron chi connectivity index (χ4n) is 3.00. The summed E-state index contributed by atoms with van der Waals surface area (Å²) in [6, 6.07) is 2.12. The zero-order valence-electron chi connectivity index (χ0n) is 13.5. The molecule has 1 aliphatic rings. The van der Waals surface area contributed by atoms with Gasteiger partial charge in [0.05, 0.1) is 4.88 Å². The average Bonchev–Trinajstić information content (AvgIpc) is 3.09. The molecule has 3 rings (SSSR count). The smallest absolute Gasteiger partial charge is 0.263 e. The van der Waals surface area contributed by atoms with Crippen molar-refractivity contribution < 1.29 is 4.79 Å². The molecule has 0 aromatic carbocycles. The van der Waals surface area contributed by atoms with Gasteiger partial charge >= 0.3 is 0 Å². The number of imidazole rings is 1. The van der Waals surface area contributed by atoms with E-state index in [4.69, 9.17) is 0 Å². The van der Waals surface area contributed by atoms with Gasteiger partial charge in [0.1, 0.15) is 5.82 Å². The van der Waals surface area contributed by atoms with Crippen LogP contribution >= 0.6 is 11.3 Å². The molecular formula is C17H23N3OS. The predicted octanol–water partition coefficient (Wildman–Crippen LogP) is 3.15. The highest BCUT2D eigenvalue weighted by Crippen LogP contribution is 2.32. The second-order valence-corrected chi connectivity index (χ2v) is 7.44. The SMILES string of the molecule is Cc1nccn1CCN(C)C(=O)c1cc2c(s1)CC[C@@H](C)C2. The lowest BCUT2D eigenvalue weighted by Crippen LogP contribution is -2.29. The summed E-state index contributed by atoms with van der Waals surface area (Å²) in [4.78, 5) is 20.9. The number of thiophene rings is 1. The number of carbonyl (C=O) groups is 1. The third kappa shape index (κ3) is 3.09. The molecule has 1 atom stereocenters. The van der Waals surface area contributed by atoms with E-state index in [9.17, 15) is 4.79 Å². The number of nitrogens with zero attached hydrogens (tertiary/aromatic N) is 3. The van der Waals surface area contributed by atoms with Crippen molar-refractivity contribution in [3.8, 4) is 0 Å². The van der Waals surface area contributed by atoms with Crippen molar-refractivity contribution in [1.29, 1.82) is 0 Å². The summed E-state index contributed by atoms with van der Waals surface area (Å²) in [5, 5.41) is 0. The standard InChI is InChI=1S/C17H23N3OS/c1-12-4-5-15-14(10-12)11-16(22-15)17(21)19(3)8-9-20-7-6-18-13(20)2/h6-7,11-12H,4-5,8-10H2,1-3H3/t12-/m1/s1. The van der Waals surface area contributed by atoms with Gasteiger partial charge < -0.3 is 9.47 Å². The monoisotopic (exact) mass is 317 g/mol. The van der Waals surface area contributed by atoms with E-state index in [0.29, 0.717) is 6.54 Å². The van der Waals surface area contributed by atoms with E-state index in [1.807, 2.05) is 25.1 Å². The van der Waals surface area contributed by atoms with E-state index >= 15 is 0 Å². The fraction of sp³-hybridized carbons (Fsp3) is 0.529. The van der Waals surface area contributed by atoms with Gasteiger partial charge in [0.25, 0.3) is 5.91 Å². The van der Waals surface area contributed by atoms with Crippen LogP contribution in [0.3, 0.4) is 0 Å². The Hall–Kier alpha value is -1.62. The lowest BCUT2D eigenvalue weighted by atomic mass is 9.90. The first-order valence-electron chi connectivity index (χ1n) is 7.89. The van der Waals surface area contributed by atoms with Crippen LogP contribution in [-0.2, 0) is 19.4 Å². The van der Waals surface area contributed by atoms with Crippen molar-refractivity contribution in [2.24, 2.45) is 5.92 Å². The van der Waals surface area contributed by atoms with Crippen molar-refractivity contribution >= 4 is 17.2 Å². The molecule has 0 spiro atoms. The van der Waals surface area contributed by atoms with E-state index < -0.39 is 0 Å². The van der Waals surface area contributed by atoms with Crippen LogP contribution in [0.1, 0.15) is 39.3 Å². The quantitative estimate of drug-likeness (QED) is 0.869. The first-order chi connectivity index (χ1) is 10.5. The maximum absolute atomic E-state index is 12.6. The summed E-state index contributed by atoms with van der Waals surface area (Å²) >= 11 is 1.69. The molecule has 1 amide bonds. The van der Waals surface area contributed by atoms with Gasteiger partial charge in [0, 0.05) is 37.4 Å². The van der Waals surface area contributed by atoms with E-state index in [0.717, 1.165) is 36.0 Å². The fourth-order valence-corrected chi connectivity index (χ4v) is 4.20. The van der Waals surface area contributed by atoms with Gasteiger partial charge in [0.2, 0.25) is 0 Å². The summed E-state index contributed by atoms with van der Waals surface area (Å²) in [7, 11) is 1.88. The van der Waals surface area contributed by atoms with Crippen molar-refractivity contribution in [2.45, 2.75) is 39.7 Å². The van der Waals surface area contributed by atoms with Crippen LogP contribution in [0.2, 0.25) is 0 Å². The lowest BCUT2D eigenvalue weighted by Gasteiger charge is -2.17. The molecule has 4 nitrogen and oxygen atoms in total. The molecule has 0 bridgehead atoms. The molecule has 0 N–H and O–H groups in total. The summed E-state index contributed by atoms with van der Waals surface area (Å²) in [6.07, 6.45) is 7.25.